The molecule has 196 valence electrons. The molecule has 1 aliphatic rings. The molecule has 0 spiro atoms. The zero-order valence-electron chi connectivity index (χ0n) is 18.8. The maximum absolute atomic E-state index is 14.0. The Morgan fingerprint density at radius 1 is 1.11 bits per heavy atom. The molecule has 0 radical (unpaired) electrons. The predicted octanol–water partition coefficient (Wildman–Crippen LogP) is 4.94. The van der Waals surface area contributed by atoms with Gasteiger partial charge in [-0.2, -0.15) is 18.3 Å². The van der Waals surface area contributed by atoms with Gasteiger partial charge < -0.3 is 15.0 Å². The van der Waals surface area contributed by atoms with E-state index >= 15 is 0 Å². The average Bonchev–Trinajstić information content (AvgIpc) is 3.18. The van der Waals surface area contributed by atoms with E-state index in [9.17, 15) is 40.3 Å². The minimum absolute atomic E-state index is 0.0837. The number of aryl methyl sites for hydroxylation is 1. The Morgan fingerprint density at radius 2 is 1.81 bits per heavy atom. The number of halogens is 7. The van der Waals surface area contributed by atoms with Crippen LogP contribution in [0.15, 0.2) is 54.9 Å². The summed E-state index contributed by atoms with van der Waals surface area (Å²) in [5.41, 5.74) is -0.408. The zero-order valence-corrected chi connectivity index (χ0v) is 18.8. The monoisotopic (exact) mass is 530 g/mol. The Labute approximate surface area is 204 Å². The molecule has 0 fully saturated rings. The number of nitrogens with one attached hydrogen (secondary N) is 1. The summed E-state index contributed by atoms with van der Waals surface area (Å²) in [5.74, 6) is -5.55. The summed E-state index contributed by atoms with van der Waals surface area (Å²) in [4.78, 5) is 27.1. The lowest BCUT2D eigenvalue weighted by molar-refractivity contribution is -0.274. The number of carbonyl (C=O) groups is 2. The molecule has 0 unspecified atom stereocenters. The standard InChI is InChI=1S/C23H17F7N4O3/c1-33-10-12(9-31-33)19-18(16-4-2-3-5-17(16)21(36)34(19)11-22(25,26)27)20(35)32-14-6-13(24)7-15(8-14)37-23(28,29)30/h2-10,18-19H,11H2,1H3,(H,32,35)/t18-,19+/m1/s1. The molecule has 2 atom stereocenters. The number of fused-ring (bicyclic) bond motifs is 1. The third kappa shape index (κ3) is 5.84. The third-order valence-corrected chi connectivity index (χ3v) is 5.51. The fourth-order valence-electron chi connectivity index (χ4n) is 4.25. The second-order valence-corrected chi connectivity index (χ2v) is 8.22. The van der Waals surface area contributed by atoms with E-state index in [1.54, 1.807) is 0 Å². The van der Waals surface area contributed by atoms with Crippen LogP contribution in [0.3, 0.4) is 0 Å². The topological polar surface area (TPSA) is 76.5 Å². The van der Waals surface area contributed by atoms with Crippen LogP contribution in [0.5, 0.6) is 5.75 Å². The molecule has 37 heavy (non-hydrogen) atoms. The Bertz CT molecular complexity index is 1340. The number of ether oxygens (including phenoxy) is 1. The summed E-state index contributed by atoms with van der Waals surface area (Å²) >= 11 is 0. The first-order valence-corrected chi connectivity index (χ1v) is 10.5. The van der Waals surface area contributed by atoms with Crippen molar-refractivity contribution in [2.24, 2.45) is 7.05 Å². The number of carbonyl (C=O) groups excluding carboxylic acids is 2. The largest absolute Gasteiger partial charge is 0.573 e. The molecule has 0 saturated carbocycles. The third-order valence-electron chi connectivity index (χ3n) is 5.51. The van der Waals surface area contributed by atoms with Crippen molar-refractivity contribution in [1.29, 1.82) is 0 Å². The van der Waals surface area contributed by atoms with Gasteiger partial charge in [0.2, 0.25) is 5.91 Å². The van der Waals surface area contributed by atoms with Crippen molar-refractivity contribution in [2.45, 2.75) is 24.5 Å². The quantitative estimate of drug-likeness (QED) is 0.475. The smallest absolute Gasteiger partial charge is 0.406 e. The van der Waals surface area contributed by atoms with Crippen LogP contribution in [-0.2, 0) is 11.8 Å². The normalized spacial score (nSPS) is 17.9. The molecular weight excluding hydrogens is 513 g/mol. The van der Waals surface area contributed by atoms with Crippen molar-refractivity contribution in [2.75, 3.05) is 11.9 Å². The van der Waals surface area contributed by atoms with E-state index in [2.05, 4.69) is 15.2 Å². The van der Waals surface area contributed by atoms with Crippen molar-refractivity contribution < 1.29 is 45.1 Å². The van der Waals surface area contributed by atoms with Gasteiger partial charge in [0.05, 0.1) is 18.2 Å². The first kappa shape index (κ1) is 26.0. The molecule has 1 aliphatic heterocycles. The van der Waals surface area contributed by atoms with Gasteiger partial charge in [-0.3, -0.25) is 14.3 Å². The van der Waals surface area contributed by atoms with E-state index in [0.717, 1.165) is 0 Å². The molecule has 2 aromatic carbocycles. The Hall–Kier alpha value is -4.10. The number of aromatic nitrogens is 2. The van der Waals surface area contributed by atoms with E-state index in [1.807, 2.05) is 0 Å². The van der Waals surface area contributed by atoms with Gasteiger partial charge in [-0.05, 0) is 17.7 Å². The van der Waals surface area contributed by atoms with Crippen molar-refractivity contribution in [1.82, 2.24) is 14.7 Å². The van der Waals surface area contributed by atoms with Gasteiger partial charge >= 0.3 is 12.5 Å². The molecule has 3 aromatic rings. The highest BCUT2D eigenvalue weighted by atomic mass is 19.4. The minimum atomic E-state index is -5.14. The molecular formula is C23H17F7N4O3. The summed E-state index contributed by atoms with van der Waals surface area (Å²) in [6, 6.07) is 5.92. The molecule has 1 N–H and O–H groups in total. The van der Waals surface area contributed by atoms with Gasteiger partial charge in [0, 0.05) is 42.2 Å². The van der Waals surface area contributed by atoms with Gasteiger partial charge in [-0.25, -0.2) is 4.39 Å². The Kier molecular flexibility index (Phi) is 6.60. The first-order valence-electron chi connectivity index (χ1n) is 10.5. The highest BCUT2D eigenvalue weighted by molar-refractivity contribution is 6.04. The number of amides is 2. The lowest BCUT2D eigenvalue weighted by Crippen LogP contribution is -2.49. The van der Waals surface area contributed by atoms with Crippen molar-refractivity contribution in [3.8, 4) is 5.75 Å². The van der Waals surface area contributed by atoms with Gasteiger partial charge in [0.25, 0.3) is 5.91 Å². The van der Waals surface area contributed by atoms with E-state index in [0.29, 0.717) is 23.1 Å². The van der Waals surface area contributed by atoms with Crippen LogP contribution in [0.1, 0.15) is 33.4 Å². The number of hydrogen-bond acceptors (Lipinski definition) is 4. The van der Waals surface area contributed by atoms with Gasteiger partial charge in [-0.1, -0.05) is 18.2 Å². The molecule has 14 heteroatoms. The van der Waals surface area contributed by atoms with Crippen molar-refractivity contribution in [3.63, 3.8) is 0 Å². The van der Waals surface area contributed by atoms with Crippen LogP contribution in [0.4, 0.5) is 36.4 Å². The number of benzene rings is 2. The highest BCUT2D eigenvalue weighted by Gasteiger charge is 2.48. The van der Waals surface area contributed by atoms with Crippen LogP contribution < -0.4 is 10.1 Å². The number of anilines is 1. The molecule has 2 amide bonds. The SMILES string of the molecule is Cn1cc([C@H]2[C@H](C(=O)Nc3cc(F)cc(OC(F)(F)F)c3)c3ccccc3C(=O)N2CC(F)(F)F)cn1. The molecule has 0 saturated heterocycles. The molecule has 1 aromatic heterocycles. The fraction of sp³-hybridized carbons (Fsp3) is 0.261. The molecule has 0 bridgehead atoms. The lowest BCUT2D eigenvalue weighted by atomic mass is 9.79. The molecule has 0 aliphatic carbocycles. The Balaban J connectivity index is 1.80. The maximum atomic E-state index is 14.0. The van der Waals surface area contributed by atoms with E-state index in [4.69, 9.17) is 0 Å². The van der Waals surface area contributed by atoms with E-state index in [1.165, 1.54) is 48.4 Å². The summed E-state index contributed by atoms with van der Waals surface area (Å²) in [6.45, 7) is -1.69. The van der Waals surface area contributed by atoms with Crippen LogP contribution in [0.2, 0.25) is 0 Å². The van der Waals surface area contributed by atoms with E-state index in [-0.39, 0.29) is 16.7 Å². The predicted molar refractivity (Wildman–Crippen MR) is 114 cm³/mol. The minimum Gasteiger partial charge on any atom is -0.406 e. The average molecular weight is 530 g/mol. The molecule has 4 rings (SSSR count). The van der Waals surface area contributed by atoms with Gasteiger partial charge in [0.1, 0.15) is 18.1 Å². The van der Waals surface area contributed by atoms with Crippen LogP contribution in [0.25, 0.3) is 0 Å². The van der Waals surface area contributed by atoms with Crippen molar-refractivity contribution in [3.05, 3.63) is 77.4 Å². The first-order chi connectivity index (χ1) is 17.2. The number of alkyl halides is 6. The lowest BCUT2D eigenvalue weighted by Gasteiger charge is -2.41. The van der Waals surface area contributed by atoms with E-state index < -0.39 is 60.1 Å². The van der Waals surface area contributed by atoms with Crippen LogP contribution >= 0.6 is 0 Å². The Morgan fingerprint density at radius 3 is 2.43 bits per heavy atom. The summed E-state index contributed by atoms with van der Waals surface area (Å²) < 4.78 is 97.4. The van der Waals surface area contributed by atoms with Crippen molar-refractivity contribution >= 4 is 17.5 Å². The molecule has 2 heterocycles. The van der Waals surface area contributed by atoms with Crippen LogP contribution in [0, 0.1) is 5.82 Å². The highest BCUT2D eigenvalue weighted by Crippen LogP contribution is 2.44. The zero-order chi connectivity index (χ0) is 27.1. The fourth-order valence-corrected chi connectivity index (χ4v) is 4.25. The maximum Gasteiger partial charge on any atom is 0.573 e. The number of hydrogen-bond donors (Lipinski definition) is 1. The molecule has 7 nitrogen and oxygen atoms in total. The summed E-state index contributed by atoms with van der Waals surface area (Å²) in [6.07, 6.45) is -7.42. The van der Waals surface area contributed by atoms with Crippen LogP contribution in [-0.4, -0.2) is 45.6 Å². The van der Waals surface area contributed by atoms with Gasteiger partial charge in [0.15, 0.2) is 0 Å². The second-order valence-electron chi connectivity index (χ2n) is 8.22. The second kappa shape index (κ2) is 9.41. The summed E-state index contributed by atoms with van der Waals surface area (Å²) in [7, 11) is 1.49. The summed E-state index contributed by atoms with van der Waals surface area (Å²) in [5, 5.41) is 6.18. The number of rotatable bonds is 5. The number of nitrogens with zero attached hydrogens (tertiary/aromatic N) is 3. The van der Waals surface area contributed by atoms with Gasteiger partial charge in [-0.15, -0.1) is 13.2 Å².